The summed E-state index contributed by atoms with van der Waals surface area (Å²) in [5, 5.41) is 6.78. The highest BCUT2D eigenvalue weighted by Gasteiger charge is 2.32. The molecule has 1 atom stereocenters. The van der Waals surface area contributed by atoms with E-state index < -0.39 is 0 Å². The lowest BCUT2D eigenvalue weighted by molar-refractivity contribution is -0.134. The predicted molar refractivity (Wildman–Crippen MR) is 126 cm³/mol. The molecule has 0 bridgehead atoms. The van der Waals surface area contributed by atoms with Gasteiger partial charge in [0.25, 0.3) is 0 Å². The largest absolute Gasteiger partial charge is 0.357 e. The monoisotopic (exact) mass is 516 g/mol. The molecule has 2 aliphatic rings. The number of hydrogen-bond donors (Lipinski definition) is 2. The van der Waals surface area contributed by atoms with Crippen molar-refractivity contribution in [1.82, 2.24) is 15.5 Å². The molecule has 2 N–H and O–H groups in total. The number of benzene rings is 1. The van der Waals surface area contributed by atoms with Crippen LogP contribution in [0.15, 0.2) is 29.3 Å². The van der Waals surface area contributed by atoms with Gasteiger partial charge in [0, 0.05) is 38.1 Å². The van der Waals surface area contributed by atoms with Crippen molar-refractivity contribution in [3.63, 3.8) is 0 Å². The van der Waals surface area contributed by atoms with Crippen LogP contribution in [-0.4, -0.2) is 49.0 Å². The molecule has 1 heterocycles. The third-order valence-electron chi connectivity index (χ3n) is 5.67. The Labute approximate surface area is 190 Å². The highest BCUT2D eigenvalue weighted by Crippen LogP contribution is 2.27. The molecule has 1 aromatic rings. The van der Waals surface area contributed by atoms with E-state index in [2.05, 4.69) is 22.5 Å². The molecule has 1 aromatic carbocycles. The first-order valence-corrected chi connectivity index (χ1v) is 10.7. The zero-order valence-corrected chi connectivity index (χ0v) is 19.7. The fourth-order valence-electron chi connectivity index (χ4n) is 4.19. The van der Waals surface area contributed by atoms with Gasteiger partial charge in [-0.25, -0.2) is 4.39 Å². The van der Waals surface area contributed by atoms with Crippen molar-refractivity contribution in [2.24, 2.45) is 10.9 Å². The first-order chi connectivity index (χ1) is 13.7. The molecule has 0 radical (unpaired) electrons. The Hall–Kier alpha value is -1.38. The molecule has 5 nitrogen and oxygen atoms in total. The summed E-state index contributed by atoms with van der Waals surface area (Å²) in [5.41, 5.74) is 1.00. The van der Waals surface area contributed by atoms with E-state index in [1.807, 2.05) is 11.0 Å². The van der Waals surface area contributed by atoms with Crippen molar-refractivity contribution >= 4 is 35.8 Å². The topological polar surface area (TPSA) is 56.7 Å². The third kappa shape index (κ3) is 7.42. The van der Waals surface area contributed by atoms with E-state index in [0.29, 0.717) is 12.5 Å². The Balaban J connectivity index is 0.00000300. The van der Waals surface area contributed by atoms with Crippen LogP contribution in [0.25, 0.3) is 0 Å². The van der Waals surface area contributed by atoms with Crippen LogP contribution in [-0.2, 0) is 11.2 Å². The fraction of sp³-hybridized carbons (Fsp3) is 0.636. The fourth-order valence-corrected chi connectivity index (χ4v) is 4.19. The molecule has 1 saturated heterocycles. The van der Waals surface area contributed by atoms with Crippen LogP contribution in [0, 0.1) is 11.7 Å². The second-order valence-corrected chi connectivity index (χ2v) is 7.89. The number of nitrogens with zero attached hydrogens (tertiary/aromatic N) is 2. The predicted octanol–water partition coefficient (Wildman–Crippen LogP) is 3.72. The SMILES string of the molecule is CCNC(=NCCCc1cccc(F)c1)NC1CCN(C(=O)C2CCCC2)C1.I. The lowest BCUT2D eigenvalue weighted by Crippen LogP contribution is -2.45. The van der Waals surface area contributed by atoms with E-state index in [0.717, 1.165) is 63.3 Å². The van der Waals surface area contributed by atoms with E-state index in [-0.39, 0.29) is 41.8 Å². The second-order valence-electron chi connectivity index (χ2n) is 7.89. The van der Waals surface area contributed by atoms with Gasteiger partial charge >= 0.3 is 0 Å². The van der Waals surface area contributed by atoms with Crippen LogP contribution in [0.4, 0.5) is 4.39 Å². The lowest BCUT2D eigenvalue weighted by Gasteiger charge is -2.21. The van der Waals surface area contributed by atoms with Crippen LogP contribution in [0.5, 0.6) is 0 Å². The van der Waals surface area contributed by atoms with Gasteiger partial charge in [-0.1, -0.05) is 25.0 Å². The van der Waals surface area contributed by atoms with Gasteiger partial charge in [0.15, 0.2) is 5.96 Å². The molecule has 162 valence electrons. The summed E-state index contributed by atoms with van der Waals surface area (Å²) in [6.45, 7) is 5.14. The number of hydrogen-bond acceptors (Lipinski definition) is 2. The van der Waals surface area contributed by atoms with Crippen LogP contribution >= 0.6 is 24.0 Å². The number of halogens is 2. The zero-order valence-electron chi connectivity index (χ0n) is 17.3. The minimum Gasteiger partial charge on any atom is -0.357 e. The van der Waals surface area contributed by atoms with Gasteiger partial charge in [-0.15, -0.1) is 24.0 Å². The minimum atomic E-state index is -0.186. The summed E-state index contributed by atoms with van der Waals surface area (Å²) < 4.78 is 13.2. The Bertz CT molecular complexity index is 679. The number of rotatable bonds is 7. The van der Waals surface area contributed by atoms with Crippen molar-refractivity contribution in [1.29, 1.82) is 0 Å². The average molecular weight is 516 g/mol. The van der Waals surface area contributed by atoms with Crippen molar-refractivity contribution in [3.8, 4) is 0 Å². The van der Waals surface area contributed by atoms with E-state index in [4.69, 9.17) is 0 Å². The summed E-state index contributed by atoms with van der Waals surface area (Å²) in [7, 11) is 0. The van der Waals surface area contributed by atoms with Gasteiger partial charge in [0.2, 0.25) is 5.91 Å². The molecule has 7 heteroatoms. The standard InChI is InChI=1S/C22H33FN4O.HI/c1-2-24-22(25-13-6-8-17-7-5-11-19(23)15-17)26-20-12-14-27(16-20)21(28)18-9-3-4-10-18;/h5,7,11,15,18,20H,2-4,6,8-10,12-14,16H2,1H3,(H2,24,25,26);1H. The highest BCUT2D eigenvalue weighted by molar-refractivity contribution is 14.0. The maximum absolute atomic E-state index is 13.2. The third-order valence-corrected chi connectivity index (χ3v) is 5.67. The lowest BCUT2D eigenvalue weighted by atomic mass is 10.1. The molecular weight excluding hydrogens is 482 g/mol. The number of carbonyl (C=O) groups excluding carboxylic acids is 1. The number of amides is 1. The van der Waals surface area contributed by atoms with E-state index in [1.165, 1.54) is 18.9 Å². The van der Waals surface area contributed by atoms with Crippen LogP contribution in [0.1, 0.15) is 51.0 Å². The molecule has 0 aromatic heterocycles. The van der Waals surface area contributed by atoms with Crippen molar-refractivity contribution < 1.29 is 9.18 Å². The number of nitrogens with one attached hydrogen (secondary N) is 2. The molecule has 3 rings (SSSR count). The number of carbonyl (C=O) groups is 1. The van der Waals surface area contributed by atoms with Gasteiger partial charge in [-0.2, -0.15) is 0 Å². The van der Waals surface area contributed by atoms with Crippen LogP contribution < -0.4 is 10.6 Å². The van der Waals surface area contributed by atoms with Gasteiger partial charge in [-0.05, 0) is 56.7 Å². The van der Waals surface area contributed by atoms with Gasteiger partial charge < -0.3 is 15.5 Å². The normalized spacial score (nSPS) is 19.9. The van der Waals surface area contributed by atoms with Crippen LogP contribution in [0.3, 0.4) is 0 Å². The summed E-state index contributed by atoms with van der Waals surface area (Å²) in [6.07, 6.45) is 7.15. The zero-order chi connectivity index (χ0) is 19.8. The molecule has 29 heavy (non-hydrogen) atoms. The summed E-state index contributed by atoms with van der Waals surface area (Å²) in [5.74, 6) is 1.22. The van der Waals surface area contributed by atoms with E-state index in [9.17, 15) is 9.18 Å². The smallest absolute Gasteiger partial charge is 0.225 e. The molecular formula is C22H34FIN4O. The number of likely N-dealkylation sites (tertiary alicyclic amines) is 1. The van der Waals surface area contributed by atoms with E-state index >= 15 is 0 Å². The Kier molecular flexibility index (Phi) is 10.2. The molecule has 0 spiro atoms. The number of guanidine groups is 1. The Morgan fingerprint density at radius 2 is 2.07 bits per heavy atom. The van der Waals surface area contributed by atoms with Gasteiger partial charge in [-0.3, -0.25) is 9.79 Å². The van der Waals surface area contributed by atoms with Crippen molar-refractivity contribution in [3.05, 3.63) is 35.6 Å². The molecule has 2 fully saturated rings. The minimum absolute atomic E-state index is 0. The van der Waals surface area contributed by atoms with Crippen molar-refractivity contribution in [2.45, 2.75) is 57.9 Å². The second kappa shape index (κ2) is 12.3. The highest BCUT2D eigenvalue weighted by atomic mass is 127. The first kappa shape index (κ1) is 23.9. The first-order valence-electron chi connectivity index (χ1n) is 10.7. The molecule has 1 aliphatic carbocycles. The molecule has 1 aliphatic heterocycles. The van der Waals surface area contributed by atoms with Crippen LogP contribution in [0.2, 0.25) is 0 Å². The maximum atomic E-state index is 13.2. The average Bonchev–Trinajstić information content (AvgIpc) is 3.37. The van der Waals surface area contributed by atoms with E-state index in [1.54, 1.807) is 12.1 Å². The van der Waals surface area contributed by atoms with Gasteiger partial charge in [0.1, 0.15) is 5.82 Å². The Morgan fingerprint density at radius 1 is 1.28 bits per heavy atom. The number of aryl methyl sites for hydroxylation is 1. The quantitative estimate of drug-likeness (QED) is 0.252. The molecule has 1 saturated carbocycles. The summed E-state index contributed by atoms with van der Waals surface area (Å²) in [4.78, 5) is 19.3. The number of aliphatic imine (C=N–C) groups is 1. The Morgan fingerprint density at radius 3 is 2.79 bits per heavy atom. The summed E-state index contributed by atoms with van der Waals surface area (Å²) in [6, 6.07) is 7.01. The maximum Gasteiger partial charge on any atom is 0.225 e. The molecule has 1 unspecified atom stereocenters. The summed E-state index contributed by atoms with van der Waals surface area (Å²) >= 11 is 0. The molecule has 1 amide bonds. The van der Waals surface area contributed by atoms with Gasteiger partial charge in [0.05, 0.1) is 0 Å². The van der Waals surface area contributed by atoms with Crippen molar-refractivity contribution in [2.75, 3.05) is 26.2 Å².